The quantitative estimate of drug-likeness (QED) is 0.180. The van der Waals surface area contributed by atoms with Gasteiger partial charge in [0.15, 0.2) is 0 Å². The molecule has 0 radical (unpaired) electrons. The predicted molar refractivity (Wildman–Crippen MR) is 192 cm³/mol. The Morgan fingerprint density at radius 2 is 0.860 bits per heavy atom. The number of rotatable bonds is 2. The highest BCUT2D eigenvalue weighted by atomic mass is 32.1. The first kappa shape index (κ1) is 27.9. The Morgan fingerprint density at radius 3 is 1.42 bits per heavy atom. The van der Waals surface area contributed by atoms with Gasteiger partial charge >= 0.3 is 0 Å². The Balaban J connectivity index is 1.37. The Kier molecular flexibility index (Phi) is 6.35. The lowest BCUT2D eigenvalue weighted by Crippen LogP contribution is -2.16. The summed E-state index contributed by atoms with van der Waals surface area (Å²) < 4.78 is 2.70. The molecule has 0 unspecified atom stereocenters. The lowest BCUT2D eigenvalue weighted by Gasteiger charge is -2.26. The van der Waals surface area contributed by atoms with E-state index in [-0.39, 0.29) is 10.8 Å². The van der Waals surface area contributed by atoms with Crippen molar-refractivity contribution in [3.8, 4) is 22.3 Å². The maximum absolute atomic E-state index is 2.43. The smallest absolute Gasteiger partial charge is 0.0355 e. The van der Waals surface area contributed by atoms with E-state index in [1.54, 1.807) is 0 Å². The van der Waals surface area contributed by atoms with Crippen LogP contribution >= 0.6 is 11.3 Å². The second kappa shape index (κ2) is 9.79. The van der Waals surface area contributed by atoms with Crippen molar-refractivity contribution in [1.82, 2.24) is 0 Å². The summed E-state index contributed by atoms with van der Waals surface area (Å²) >= 11 is 1.88. The van der Waals surface area contributed by atoms with Crippen molar-refractivity contribution in [2.45, 2.75) is 66.2 Å². The van der Waals surface area contributed by atoms with Crippen LogP contribution in [0.2, 0.25) is 0 Å². The maximum atomic E-state index is 2.43. The summed E-state index contributed by atoms with van der Waals surface area (Å²) in [7, 11) is 0. The van der Waals surface area contributed by atoms with E-state index >= 15 is 0 Å². The number of hydrogen-bond donors (Lipinski definition) is 0. The zero-order chi connectivity index (χ0) is 30.3. The fourth-order valence-corrected chi connectivity index (χ4v) is 7.66. The average molecular weight is 577 g/mol. The molecule has 0 aliphatic rings. The fourth-order valence-electron chi connectivity index (χ4n) is 6.58. The molecule has 6 aromatic carbocycles. The molecule has 214 valence electrons. The van der Waals surface area contributed by atoms with Gasteiger partial charge in [-0.2, -0.15) is 0 Å². The van der Waals surface area contributed by atoms with Crippen molar-refractivity contribution in [3.63, 3.8) is 0 Å². The molecule has 0 amide bonds. The average Bonchev–Trinajstić information content (AvgIpc) is 3.36. The molecule has 1 aromatic heterocycles. The number of thiophene rings is 1. The minimum absolute atomic E-state index is 0.0916. The lowest BCUT2D eigenvalue weighted by atomic mass is 9.78. The Bertz CT molecular complexity index is 2180. The third-order valence-corrected chi connectivity index (χ3v) is 10.5. The fraction of sp³-hybridized carbons (Fsp3) is 0.238. The molecule has 0 N–H and O–H groups in total. The highest BCUT2D eigenvalue weighted by Crippen LogP contribution is 2.40. The zero-order valence-corrected chi connectivity index (χ0v) is 27.5. The standard InChI is InChI=1S/C42H40S/c1-25-34-17-14-29(30-19-31(41(3,4)5)24-32(20-30)42(6,7)8)22-37(34)26(2)33-16-13-27(21-36(25)33)28-15-18-40-38(23-28)35-11-9-10-12-39(35)43-40/h9-24H,1-8H3. The minimum atomic E-state index is 0.0916. The first-order valence-corrected chi connectivity index (χ1v) is 16.2. The van der Waals surface area contributed by atoms with Gasteiger partial charge in [0.05, 0.1) is 0 Å². The summed E-state index contributed by atoms with van der Waals surface area (Å²) in [5.74, 6) is 0. The predicted octanol–water partition coefficient (Wildman–Crippen LogP) is 12.9. The Morgan fingerprint density at radius 1 is 0.395 bits per heavy atom. The molecular formula is C42H40S. The summed E-state index contributed by atoms with van der Waals surface area (Å²) in [5.41, 5.74) is 10.8. The summed E-state index contributed by atoms with van der Waals surface area (Å²) in [6.07, 6.45) is 0. The number of aryl methyl sites for hydroxylation is 2. The van der Waals surface area contributed by atoms with E-state index in [2.05, 4.69) is 152 Å². The Hall–Kier alpha value is -3.94. The van der Waals surface area contributed by atoms with Crippen molar-refractivity contribution >= 4 is 53.1 Å². The van der Waals surface area contributed by atoms with Gasteiger partial charge in [-0.1, -0.05) is 108 Å². The van der Waals surface area contributed by atoms with Gasteiger partial charge in [-0.05, 0) is 121 Å². The van der Waals surface area contributed by atoms with Gasteiger partial charge in [-0.15, -0.1) is 11.3 Å². The molecule has 0 saturated heterocycles. The van der Waals surface area contributed by atoms with E-state index in [4.69, 9.17) is 0 Å². The van der Waals surface area contributed by atoms with Gasteiger partial charge in [-0.25, -0.2) is 0 Å². The van der Waals surface area contributed by atoms with E-state index in [0.29, 0.717) is 0 Å². The second-order valence-corrected chi connectivity index (χ2v) is 15.5. The van der Waals surface area contributed by atoms with E-state index < -0.39 is 0 Å². The van der Waals surface area contributed by atoms with Crippen molar-refractivity contribution in [3.05, 3.63) is 119 Å². The number of benzene rings is 6. The van der Waals surface area contributed by atoms with Crippen molar-refractivity contribution < 1.29 is 0 Å². The highest BCUT2D eigenvalue weighted by Gasteiger charge is 2.21. The van der Waals surface area contributed by atoms with E-state index in [1.165, 1.54) is 86.2 Å². The third-order valence-electron chi connectivity index (χ3n) is 9.36. The van der Waals surface area contributed by atoms with Crippen LogP contribution in [-0.4, -0.2) is 0 Å². The third kappa shape index (κ3) is 4.75. The van der Waals surface area contributed by atoms with E-state index in [9.17, 15) is 0 Å². The van der Waals surface area contributed by atoms with Crippen LogP contribution in [0.3, 0.4) is 0 Å². The molecule has 1 heterocycles. The molecule has 0 spiro atoms. The van der Waals surface area contributed by atoms with Gasteiger partial charge < -0.3 is 0 Å². The lowest BCUT2D eigenvalue weighted by molar-refractivity contribution is 0.569. The molecule has 0 atom stereocenters. The monoisotopic (exact) mass is 576 g/mol. The minimum Gasteiger partial charge on any atom is -0.135 e. The SMILES string of the molecule is Cc1c2ccc(-c3ccc4sc5ccccc5c4c3)cc2c(C)c2ccc(-c3cc(C(C)(C)C)cc(C(C)(C)C)c3)cc12. The zero-order valence-electron chi connectivity index (χ0n) is 26.6. The van der Waals surface area contributed by atoms with Gasteiger partial charge in [0.1, 0.15) is 0 Å². The second-order valence-electron chi connectivity index (χ2n) is 14.4. The summed E-state index contributed by atoms with van der Waals surface area (Å²) in [4.78, 5) is 0. The van der Waals surface area contributed by atoms with Crippen molar-refractivity contribution in [2.75, 3.05) is 0 Å². The van der Waals surface area contributed by atoms with Crippen molar-refractivity contribution in [2.24, 2.45) is 0 Å². The largest absolute Gasteiger partial charge is 0.135 e. The molecule has 7 rings (SSSR count). The van der Waals surface area contributed by atoms with Crippen LogP contribution in [0.1, 0.15) is 63.8 Å². The first-order valence-electron chi connectivity index (χ1n) is 15.4. The molecule has 0 saturated carbocycles. The van der Waals surface area contributed by atoms with Crippen molar-refractivity contribution in [1.29, 1.82) is 0 Å². The molecule has 0 fully saturated rings. The summed E-state index contributed by atoms with van der Waals surface area (Å²) in [6, 6.07) is 37.1. The Labute approximate surface area is 260 Å². The van der Waals surface area contributed by atoms with Gasteiger partial charge in [0.25, 0.3) is 0 Å². The summed E-state index contributed by atoms with van der Waals surface area (Å²) in [5, 5.41) is 8.07. The molecule has 0 nitrogen and oxygen atoms in total. The highest BCUT2D eigenvalue weighted by molar-refractivity contribution is 7.25. The van der Waals surface area contributed by atoms with Crippen LogP contribution in [0.15, 0.2) is 97.1 Å². The van der Waals surface area contributed by atoms with E-state index in [1.807, 2.05) is 11.3 Å². The number of fused-ring (bicyclic) bond motifs is 5. The van der Waals surface area contributed by atoms with Crippen LogP contribution in [0.4, 0.5) is 0 Å². The molecule has 1 heteroatoms. The normalized spacial score (nSPS) is 12.7. The van der Waals surface area contributed by atoms with E-state index in [0.717, 1.165) is 0 Å². The number of hydrogen-bond acceptors (Lipinski definition) is 1. The van der Waals surface area contributed by atoms with Gasteiger partial charge in [0.2, 0.25) is 0 Å². The van der Waals surface area contributed by atoms with Crippen LogP contribution in [-0.2, 0) is 10.8 Å². The molecular weight excluding hydrogens is 537 g/mol. The van der Waals surface area contributed by atoms with Gasteiger partial charge in [0, 0.05) is 20.2 Å². The topological polar surface area (TPSA) is 0 Å². The van der Waals surface area contributed by atoms with Crippen LogP contribution in [0.5, 0.6) is 0 Å². The molecule has 0 aliphatic carbocycles. The first-order chi connectivity index (χ1) is 20.4. The maximum Gasteiger partial charge on any atom is 0.0355 e. The molecule has 0 bridgehead atoms. The molecule has 0 aliphatic heterocycles. The molecule has 7 aromatic rings. The van der Waals surface area contributed by atoms with Crippen LogP contribution in [0.25, 0.3) is 64.0 Å². The van der Waals surface area contributed by atoms with Crippen LogP contribution < -0.4 is 0 Å². The van der Waals surface area contributed by atoms with Crippen LogP contribution in [0, 0.1) is 13.8 Å². The summed E-state index contributed by atoms with van der Waals surface area (Å²) in [6.45, 7) is 18.5. The molecule has 43 heavy (non-hydrogen) atoms. The van der Waals surface area contributed by atoms with Gasteiger partial charge in [-0.3, -0.25) is 0 Å².